The summed E-state index contributed by atoms with van der Waals surface area (Å²) in [6.07, 6.45) is 46.0. The summed E-state index contributed by atoms with van der Waals surface area (Å²) in [4.78, 5) is 27.1. The number of carbonyl (C=O) groups excluding carboxylic acids is 2. The van der Waals surface area contributed by atoms with Crippen molar-refractivity contribution in [1.82, 2.24) is 0 Å². The lowest BCUT2D eigenvalue weighted by Crippen LogP contribution is -2.21. The zero-order valence-electron chi connectivity index (χ0n) is 58.2. The molecule has 6 aromatic carbocycles. The Labute approximate surface area is 556 Å². The smallest absolute Gasteiger partial charge is 0.198 e. The lowest BCUT2D eigenvalue weighted by molar-refractivity contribution is 0.0975. The second kappa shape index (κ2) is 43.8. The topological polar surface area (TPSA) is 98.8 Å². The Hall–Kier alpha value is -5.96. The molecule has 0 atom stereocenters. The fraction of sp³-hybridized carbons (Fsp3) is 0.614. The Morgan fingerprint density at radius 1 is 0.217 bits per heavy atom. The van der Waals surface area contributed by atoms with Crippen molar-refractivity contribution in [2.45, 2.75) is 285 Å². The SMILES string of the molecule is CCCCCCCCCOc1cc2c3cc(OCCCCCCCCC)c(OCCCCCCCCC)cc3c3cc(OCCCCCCOc4cccc5c4C(=O)c4ccccc4C5=O)c(OCCCCCCCCC)cc3c2cc1OCCCCCCCCC. The van der Waals surface area contributed by atoms with Gasteiger partial charge in [-0.1, -0.05) is 264 Å². The van der Waals surface area contributed by atoms with Crippen LogP contribution in [0.5, 0.6) is 40.2 Å². The molecule has 0 heterocycles. The summed E-state index contributed by atoms with van der Waals surface area (Å²) in [6, 6.07) is 25.9. The Bertz CT molecular complexity index is 3010. The normalized spacial score (nSPS) is 12.1. The molecule has 9 heteroatoms. The number of benzene rings is 6. The number of fused-ring (bicyclic) bond motifs is 8. The van der Waals surface area contributed by atoms with Crippen LogP contribution in [0.25, 0.3) is 32.3 Å². The first-order valence-electron chi connectivity index (χ1n) is 37.7. The van der Waals surface area contributed by atoms with Crippen LogP contribution in [-0.2, 0) is 0 Å². The van der Waals surface area contributed by atoms with Gasteiger partial charge in [0.25, 0.3) is 0 Å². The first-order chi connectivity index (χ1) is 45.4. The third kappa shape index (κ3) is 23.8. The first kappa shape index (κ1) is 73.5. The minimum absolute atomic E-state index is 0.137. The van der Waals surface area contributed by atoms with Crippen LogP contribution in [0.2, 0.25) is 0 Å². The van der Waals surface area contributed by atoms with Gasteiger partial charge < -0.3 is 33.2 Å². The van der Waals surface area contributed by atoms with Crippen molar-refractivity contribution >= 4 is 43.9 Å². The second-order valence-corrected chi connectivity index (χ2v) is 26.4. The summed E-state index contributed by atoms with van der Waals surface area (Å²) in [6.45, 7) is 15.5. The molecule has 0 bridgehead atoms. The molecule has 7 rings (SSSR count). The van der Waals surface area contributed by atoms with E-state index in [1.807, 2.05) is 0 Å². The highest BCUT2D eigenvalue weighted by Crippen LogP contribution is 2.48. The number of ether oxygens (including phenoxy) is 7. The molecule has 0 radical (unpaired) electrons. The van der Waals surface area contributed by atoms with E-state index in [9.17, 15) is 9.59 Å². The van der Waals surface area contributed by atoms with E-state index in [-0.39, 0.29) is 11.6 Å². The monoisotopic (exact) mass is 1260 g/mol. The highest BCUT2D eigenvalue weighted by atomic mass is 16.5. The quantitative estimate of drug-likeness (QED) is 0.0273. The van der Waals surface area contributed by atoms with Gasteiger partial charge in [-0.25, -0.2) is 0 Å². The fourth-order valence-electron chi connectivity index (χ4n) is 13.1. The van der Waals surface area contributed by atoms with Crippen molar-refractivity contribution in [3.05, 3.63) is 101 Å². The van der Waals surface area contributed by atoms with Gasteiger partial charge in [0.15, 0.2) is 46.1 Å². The van der Waals surface area contributed by atoms with Gasteiger partial charge in [-0.3, -0.25) is 9.59 Å². The fourth-order valence-corrected chi connectivity index (χ4v) is 13.1. The summed E-state index contributed by atoms with van der Waals surface area (Å²) in [5, 5.41) is 6.51. The number of rotatable bonds is 54. The van der Waals surface area contributed by atoms with Crippen molar-refractivity contribution in [2.75, 3.05) is 46.2 Å². The van der Waals surface area contributed by atoms with Crippen LogP contribution in [0.1, 0.15) is 317 Å². The molecule has 9 nitrogen and oxygen atoms in total. The van der Waals surface area contributed by atoms with E-state index in [0.717, 1.165) is 157 Å². The standard InChI is InChI=1S/C83H120O9/c1-6-11-16-21-26-31-40-53-87-75-59-68-69-60-76(88-54-41-32-27-22-17-12-7-2)78(90-56-43-34-29-24-19-14-9-4)62-71(69)73-64-80(92-58-46-37-36-45-52-86-74-51-47-50-67-81(74)83(85)66-49-39-38-48-65(66)82(67)84)79(91-57-44-35-30-25-20-15-10-5)63-72(73)70(68)61-77(75)89-55-42-33-28-23-18-13-8-3/h38-39,47-51,59-64H,6-37,40-46,52-58H2,1-5H3. The van der Waals surface area contributed by atoms with Gasteiger partial charge in [-0.2, -0.15) is 0 Å². The van der Waals surface area contributed by atoms with E-state index in [1.54, 1.807) is 42.5 Å². The molecule has 92 heavy (non-hydrogen) atoms. The van der Waals surface area contributed by atoms with Crippen LogP contribution < -0.4 is 33.2 Å². The summed E-state index contributed by atoms with van der Waals surface area (Å²) >= 11 is 0. The maximum absolute atomic E-state index is 13.7. The molecule has 0 aliphatic heterocycles. The molecule has 0 unspecified atom stereocenters. The Balaban J connectivity index is 1.21. The summed E-state index contributed by atoms with van der Waals surface area (Å²) in [5.74, 6) is 4.86. The molecule has 6 aromatic rings. The Kier molecular flexibility index (Phi) is 35.0. The molecule has 0 saturated heterocycles. The molecule has 0 saturated carbocycles. The zero-order chi connectivity index (χ0) is 64.6. The number of hydrogen-bond donors (Lipinski definition) is 0. The number of ketones is 2. The van der Waals surface area contributed by atoms with E-state index in [1.165, 1.54) is 161 Å². The van der Waals surface area contributed by atoms with Gasteiger partial charge in [0.1, 0.15) is 5.75 Å². The van der Waals surface area contributed by atoms with Crippen molar-refractivity contribution in [1.29, 1.82) is 0 Å². The maximum atomic E-state index is 13.7. The predicted molar refractivity (Wildman–Crippen MR) is 386 cm³/mol. The molecule has 0 aromatic heterocycles. The van der Waals surface area contributed by atoms with Crippen LogP contribution in [0.3, 0.4) is 0 Å². The number of hydrogen-bond acceptors (Lipinski definition) is 9. The van der Waals surface area contributed by atoms with Crippen LogP contribution in [-0.4, -0.2) is 57.8 Å². The maximum Gasteiger partial charge on any atom is 0.198 e. The van der Waals surface area contributed by atoms with Crippen molar-refractivity contribution in [2.24, 2.45) is 0 Å². The average Bonchev–Trinajstić information content (AvgIpc) is 0.739. The van der Waals surface area contributed by atoms with Crippen molar-refractivity contribution < 1.29 is 42.7 Å². The lowest BCUT2D eigenvalue weighted by Gasteiger charge is -2.21. The average molecular weight is 1260 g/mol. The van der Waals surface area contributed by atoms with E-state index >= 15 is 0 Å². The van der Waals surface area contributed by atoms with Crippen LogP contribution >= 0.6 is 0 Å². The number of unbranched alkanes of at least 4 members (excludes halogenated alkanes) is 33. The van der Waals surface area contributed by atoms with Gasteiger partial charge in [-0.15, -0.1) is 0 Å². The van der Waals surface area contributed by atoms with Gasteiger partial charge >= 0.3 is 0 Å². The minimum atomic E-state index is -0.162. The highest BCUT2D eigenvalue weighted by Gasteiger charge is 2.32. The first-order valence-corrected chi connectivity index (χ1v) is 37.7. The summed E-state index contributed by atoms with van der Waals surface area (Å²) in [5.41, 5.74) is 1.66. The van der Waals surface area contributed by atoms with E-state index in [4.69, 9.17) is 33.2 Å². The lowest BCUT2D eigenvalue weighted by atomic mass is 9.83. The van der Waals surface area contributed by atoms with E-state index in [2.05, 4.69) is 71.0 Å². The third-order valence-electron chi connectivity index (χ3n) is 18.6. The number of carbonyl (C=O) groups is 2. The molecule has 0 spiro atoms. The summed E-state index contributed by atoms with van der Waals surface area (Å²) < 4.78 is 47.6. The van der Waals surface area contributed by atoms with E-state index in [0.29, 0.717) is 74.3 Å². The third-order valence-corrected chi connectivity index (χ3v) is 18.6. The van der Waals surface area contributed by atoms with Gasteiger partial charge in [-0.05, 0) is 133 Å². The second-order valence-electron chi connectivity index (χ2n) is 26.4. The van der Waals surface area contributed by atoms with Crippen molar-refractivity contribution in [3.8, 4) is 40.2 Å². The molecular formula is C83H120O9. The Morgan fingerprint density at radius 3 is 0.674 bits per heavy atom. The van der Waals surface area contributed by atoms with Crippen molar-refractivity contribution in [3.63, 3.8) is 0 Å². The summed E-state index contributed by atoms with van der Waals surface area (Å²) in [7, 11) is 0. The van der Waals surface area contributed by atoms with Gasteiger partial charge in [0.05, 0.1) is 51.8 Å². The van der Waals surface area contributed by atoms with Crippen LogP contribution in [0, 0.1) is 0 Å². The van der Waals surface area contributed by atoms with Crippen LogP contribution in [0.4, 0.5) is 0 Å². The molecule has 0 N–H and O–H groups in total. The molecule has 1 aliphatic rings. The molecule has 1 aliphatic carbocycles. The van der Waals surface area contributed by atoms with E-state index < -0.39 is 0 Å². The highest BCUT2D eigenvalue weighted by molar-refractivity contribution is 6.29. The van der Waals surface area contributed by atoms with Gasteiger partial charge in [0, 0.05) is 16.7 Å². The minimum Gasteiger partial charge on any atom is -0.493 e. The molecule has 0 amide bonds. The largest absolute Gasteiger partial charge is 0.493 e. The van der Waals surface area contributed by atoms with Crippen LogP contribution in [0.15, 0.2) is 78.9 Å². The Morgan fingerprint density at radius 2 is 0.424 bits per heavy atom. The molecule has 0 fully saturated rings. The molecule has 506 valence electrons. The predicted octanol–water partition coefficient (Wildman–Crippen LogP) is 24.6. The molecular weight excluding hydrogens is 1140 g/mol. The zero-order valence-corrected chi connectivity index (χ0v) is 58.2. The van der Waals surface area contributed by atoms with Gasteiger partial charge in [0.2, 0.25) is 0 Å².